The lowest BCUT2D eigenvalue weighted by atomic mass is 10.2. The highest BCUT2D eigenvalue weighted by Gasteiger charge is 2.12. The van der Waals surface area contributed by atoms with Crippen molar-refractivity contribution in [3.63, 3.8) is 0 Å². The number of imidazole rings is 1. The van der Waals surface area contributed by atoms with Crippen LogP contribution in [0.5, 0.6) is 0 Å². The molecule has 3 rings (SSSR count). The third kappa shape index (κ3) is 3.28. The van der Waals surface area contributed by atoms with Gasteiger partial charge in [-0.15, -0.1) is 11.8 Å². The highest BCUT2D eigenvalue weighted by Crippen LogP contribution is 2.19. The molecule has 0 saturated carbocycles. The van der Waals surface area contributed by atoms with Gasteiger partial charge in [-0.2, -0.15) is 5.10 Å². The molecule has 1 aromatic carbocycles. The Hall–Kier alpha value is -1.92. The number of thioether (sulfide) groups is 1. The Morgan fingerprint density at radius 1 is 1.23 bits per heavy atom. The van der Waals surface area contributed by atoms with Crippen LogP contribution in [-0.4, -0.2) is 31.9 Å². The number of ether oxygens (including phenoxy) is 1. The number of nitrogens with zero attached hydrogens (tertiary/aromatic N) is 4. The van der Waals surface area contributed by atoms with Gasteiger partial charge in [-0.3, -0.25) is 0 Å². The van der Waals surface area contributed by atoms with E-state index in [1.807, 2.05) is 35.2 Å². The normalized spacial score (nSPS) is 12.6. The van der Waals surface area contributed by atoms with Gasteiger partial charge in [0.15, 0.2) is 0 Å². The van der Waals surface area contributed by atoms with Gasteiger partial charge < -0.3 is 4.74 Å². The summed E-state index contributed by atoms with van der Waals surface area (Å²) >= 11 is 1.59. The average Bonchev–Trinajstić information content (AvgIpc) is 2.97. The molecule has 0 bridgehead atoms. The zero-order chi connectivity index (χ0) is 15.4. The Kier molecular flexibility index (Phi) is 4.70. The van der Waals surface area contributed by atoms with E-state index in [1.54, 1.807) is 18.1 Å². The third-order valence-electron chi connectivity index (χ3n) is 3.41. The lowest BCUT2D eigenvalue weighted by Gasteiger charge is -2.12. The summed E-state index contributed by atoms with van der Waals surface area (Å²) in [6, 6.07) is 10.2. The zero-order valence-electron chi connectivity index (χ0n) is 12.6. The van der Waals surface area contributed by atoms with E-state index in [0.717, 1.165) is 16.4 Å². The van der Waals surface area contributed by atoms with E-state index in [2.05, 4.69) is 34.1 Å². The minimum Gasteiger partial charge on any atom is -0.373 e. The zero-order valence-corrected chi connectivity index (χ0v) is 13.5. The van der Waals surface area contributed by atoms with Crippen LogP contribution in [0.25, 0.3) is 5.52 Å². The average molecular weight is 314 g/mol. The van der Waals surface area contributed by atoms with Gasteiger partial charge in [0.05, 0.1) is 18.9 Å². The molecule has 0 spiro atoms. The van der Waals surface area contributed by atoms with Crippen LogP contribution in [0.2, 0.25) is 0 Å². The molecule has 114 valence electrons. The minimum atomic E-state index is 0.0681. The van der Waals surface area contributed by atoms with Crippen molar-refractivity contribution in [2.24, 2.45) is 0 Å². The molecule has 0 N–H and O–H groups in total. The predicted octanol–water partition coefficient (Wildman–Crippen LogP) is 2.99. The van der Waals surface area contributed by atoms with Crippen molar-refractivity contribution in [3.8, 4) is 0 Å². The Balaban J connectivity index is 1.68. The van der Waals surface area contributed by atoms with Crippen LogP contribution in [0.1, 0.15) is 18.3 Å². The van der Waals surface area contributed by atoms with Gasteiger partial charge in [-0.25, -0.2) is 14.5 Å². The van der Waals surface area contributed by atoms with Gasteiger partial charge in [0.1, 0.15) is 22.7 Å². The van der Waals surface area contributed by atoms with E-state index in [0.29, 0.717) is 13.0 Å². The van der Waals surface area contributed by atoms with Crippen molar-refractivity contribution in [2.75, 3.05) is 6.26 Å². The molecular weight excluding hydrogens is 296 g/mol. The van der Waals surface area contributed by atoms with Crippen molar-refractivity contribution >= 4 is 17.3 Å². The number of hydrogen-bond acceptors (Lipinski definition) is 5. The highest BCUT2D eigenvalue weighted by atomic mass is 32.2. The molecule has 0 aliphatic carbocycles. The topological polar surface area (TPSA) is 52.3 Å². The number of aromatic nitrogens is 4. The van der Waals surface area contributed by atoms with Crippen LogP contribution in [0.15, 0.2) is 47.9 Å². The van der Waals surface area contributed by atoms with Crippen LogP contribution >= 0.6 is 11.8 Å². The maximum atomic E-state index is 5.90. The molecule has 5 nitrogen and oxygen atoms in total. The van der Waals surface area contributed by atoms with Gasteiger partial charge in [0.2, 0.25) is 0 Å². The predicted molar refractivity (Wildman–Crippen MR) is 87.0 cm³/mol. The highest BCUT2D eigenvalue weighted by molar-refractivity contribution is 7.98. The van der Waals surface area contributed by atoms with E-state index in [1.165, 1.54) is 5.56 Å². The lowest BCUT2D eigenvalue weighted by Crippen LogP contribution is -2.14. The van der Waals surface area contributed by atoms with Gasteiger partial charge in [0, 0.05) is 6.42 Å². The van der Waals surface area contributed by atoms with Crippen LogP contribution in [-0.2, 0) is 17.8 Å². The minimum absolute atomic E-state index is 0.0681. The summed E-state index contributed by atoms with van der Waals surface area (Å²) in [5, 5.41) is 5.23. The van der Waals surface area contributed by atoms with Gasteiger partial charge in [-0.05, 0) is 18.7 Å². The van der Waals surface area contributed by atoms with E-state index in [9.17, 15) is 0 Å². The van der Waals surface area contributed by atoms with E-state index >= 15 is 0 Å². The summed E-state index contributed by atoms with van der Waals surface area (Å²) in [4.78, 5) is 8.72. The maximum Gasteiger partial charge on any atom is 0.137 e. The summed E-state index contributed by atoms with van der Waals surface area (Å²) in [6.45, 7) is 2.66. The van der Waals surface area contributed by atoms with E-state index in [4.69, 9.17) is 4.74 Å². The van der Waals surface area contributed by atoms with Crippen LogP contribution in [0.3, 0.4) is 0 Å². The standard InChI is InChI=1S/C16H18N4OS/c1-12(21-10-13-6-4-3-5-7-13)8-15-17-9-14-16(22-2)18-11-19-20(14)15/h3-7,9,11-12H,8,10H2,1-2H3/t12-/m1/s1. The number of rotatable bonds is 6. The van der Waals surface area contributed by atoms with Crippen molar-refractivity contribution in [1.82, 2.24) is 19.6 Å². The molecule has 0 fully saturated rings. The quantitative estimate of drug-likeness (QED) is 0.655. The molecule has 0 aliphatic heterocycles. The molecular formula is C16H18N4OS. The third-order valence-corrected chi connectivity index (χ3v) is 4.11. The Morgan fingerprint density at radius 2 is 2.05 bits per heavy atom. The van der Waals surface area contributed by atoms with Crippen LogP contribution < -0.4 is 0 Å². The van der Waals surface area contributed by atoms with Gasteiger partial charge in [-0.1, -0.05) is 30.3 Å². The summed E-state index contributed by atoms with van der Waals surface area (Å²) in [5.41, 5.74) is 2.12. The fraction of sp³-hybridized carbons (Fsp3) is 0.312. The second-order valence-electron chi connectivity index (χ2n) is 5.05. The molecule has 22 heavy (non-hydrogen) atoms. The molecule has 1 atom stereocenters. The first-order valence-corrected chi connectivity index (χ1v) is 8.37. The molecule has 0 radical (unpaired) electrons. The second-order valence-corrected chi connectivity index (χ2v) is 5.85. The Labute approximate surface area is 133 Å². The molecule has 0 saturated heterocycles. The molecule has 0 unspecified atom stereocenters. The van der Waals surface area contributed by atoms with Gasteiger partial charge >= 0.3 is 0 Å². The first-order chi connectivity index (χ1) is 10.8. The first kappa shape index (κ1) is 15.0. The maximum absolute atomic E-state index is 5.90. The van der Waals surface area contributed by atoms with Crippen molar-refractivity contribution < 1.29 is 4.74 Å². The molecule has 3 aromatic rings. The lowest BCUT2D eigenvalue weighted by molar-refractivity contribution is 0.0520. The van der Waals surface area contributed by atoms with E-state index < -0.39 is 0 Å². The second kappa shape index (κ2) is 6.89. The summed E-state index contributed by atoms with van der Waals surface area (Å²) in [5.74, 6) is 0.897. The first-order valence-electron chi connectivity index (χ1n) is 7.15. The number of fused-ring (bicyclic) bond motifs is 1. The van der Waals surface area contributed by atoms with Gasteiger partial charge in [0.25, 0.3) is 0 Å². The molecule has 2 aromatic heterocycles. The Bertz CT molecular complexity index is 744. The van der Waals surface area contributed by atoms with Crippen molar-refractivity contribution in [3.05, 3.63) is 54.2 Å². The SMILES string of the molecule is CSc1ncnn2c(C[C@@H](C)OCc3ccccc3)ncc12. The fourth-order valence-electron chi connectivity index (χ4n) is 2.28. The summed E-state index contributed by atoms with van der Waals surface area (Å²) in [7, 11) is 0. The largest absolute Gasteiger partial charge is 0.373 e. The smallest absolute Gasteiger partial charge is 0.137 e. The summed E-state index contributed by atoms with van der Waals surface area (Å²) in [6.07, 6.45) is 6.18. The van der Waals surface area contributed by atoms with E-state index in [-0.39, 0.29) is 6.10 Å². The van der Waals surface area contributed by atoms with Crippen molar-refractivity contribution in [1.29, 1.82) is 0 Å². The Morgan fingerprint density at radius 3 is 2.82 bits per heavy atom. The molecule has 2 heterocycles. The monoisotopic (exact) mass is 314 g/mol. The van der Waals surface area contributed by atoms with Crippen LogP contribution in [0.4, 0.5) is 0 Å². The number of benzene rings is 1. The molecule has 6 heteroatoms. The molecule has 0 aliphatic rings. The molecule has 0 amide bonds. The summed E-state index contributed by atoms with van der Waals surface area (Å²) < 4.78 is 7.75. The van der Waals surface area contributed by atoms with Crippen molar-refractivity contribution in [2.45, 2.75) is 31.1 Å². The fourth-order valence-corrected chi connectivity index (χ4v) is 2.78. The number of hydrogen-bond donors (Lipinski definition) is 0. The van der Waals surface area contributed by atoms with Crippen LogP contribution in [0, 0.1) is 0 Å².